The van der Waals surface area contributed by atoms with Crippen molar-refractivity contribution in [2.24, 2.45) is 0 Å². The minimum atomic E-state index is -4.96. The van der Waals surface area contributed by atoms with Crippen LogP contribution in [0.2, 0.25) is 0 Å². The summed E-state index contributed by atoms with van der Waals surface area (Å²) in [7, 11) is 0. The van der Waals surface area contributed by atoms with Crippen LogP contribution in [0.3, 0.4) is 0 Å². The van der Waals surface area contributed by atoms with Crippen molar-refractivity contribution in [1.29, 1.82) is 0 Å². The number of nitrogens with zero attached hydrogens (tertiary/aromatic N) is 2. The van der Waals surface area contributed by atoms with Crippen LogP contribution in [0.15, 0.2) is 18.3 Å². The van der Waals surface area contributed by atoms with Gasteiger partial charge in [-0.3, -0.25) is 0 Å². The van der Waals surface area contributed by atoms with E-state index < -0.39 is 40.7 Å². The molecule has 19 heavy (non-hydrogen) atoms. The monoisotopic (exact) mass is 281 g/mol. The van der Waals surface area contributed by atoms with Gasteiger partial charge < -0.3 is 5.73 Å². The summed E-state index contributed by atoms with van der Waals surface area (Å²) in [5, 5.41) is 3.17. The molecule has 0 spiro atoms. The summed E-state index contributed by atoms with van der Waals surface area (Å²) in [5.41, 5.74) is 1.60. The Kier molecular flexibility index (Phi) is 2.91. The van der Waals surface area contributed by atoms with Crippen LogP contribution in [0.5, 0.6) is 0 Å². The second-order valence-corrected chi connectivity index (χ2v) is 3.58. The number of alkyl halides is 3. The number of halogens is 6. The van der Waals surface area contributed by atoms with E-state index in [4.69, 9.17) is 5.73 Å². The van der Waals surface area contributed by atoms with Gasteiger partial charge in [-0.15, -0.1) is 0 Å². The first-order chi connectivity index (χ1) is 8.71. The number of nitrogens with two attached hydrogens (primary N) is 1. The predicted octanol–water partition coefficient (Wildman–Crippen LogP) is 2.89. The summed E-state index contributed by atoms with van der Waals surface area (Å²) in [5.74, 6) is -4.30. The van der Waals surface area contributed by atoms with Crippen molar-refractivity contribution in [2.45, 2.75) is 6.18 Å². The van der Waals surface area contributed by atoms with Crippen LogP contribution in [0, 0.1) is 17.5 Å². The fourth-order valence-electron chi connectivity index (χ4n) is 1.55. The van der Waals surface area contributed by atoms with Crippen molar-refractivity contribution in [3.8, 4) is 5.69 Å². The molecule has 0 aliphatic rings. The lowest BCUT2D eigenvalue weighted by Crippen LogP contribution is -2.17. The van der Waals surface area contributed by atoms with Gasteiger partial charge in [-0.25, -0.2) is 17.9 Å². The maximum Gasteiger partial charge on any atom is 0.435 e. The Bertz CT molecular complexity index is 608. The van der Waals surface area contributed by atoms with Crippen LogP contribution in [0.25, 0.3) is 5.69 Å². The van der Waals surface area contributed by atoms with E-state index in [0.717, 1.165) is 0 Å². The van der Waals surface area contributed by atoms with Gasteiger partial charge in [0.1, 0.15) is 11.5 Å². The minimum Gasteiger partial charge on any atom is -0.396 e. The molecule has 0 saturated heterocycles. The molecule has 102 valence electrons. The quantitative estimate of drug-likeness (QED) is 0.817. The van der Waals surface area contributed by atoms with E-state index >= 15 is 0 Å². The molecule has 0 aliphatic heterocycles. The van der Waals surface area contributed by atoms with Crippen molar-refractivity contribution in [3.05, 3.63) is 41.5 Å². The molecule has 1 aromatic carbocycles. The van der Waals surface area contributed by atoms with Crippen LogP contribution in [0.4, 0.5) is 32.0 Å². The zero-order valence-corrected chi connectivity index (χ0v) is 8.97. The Labute approximate surface area is 102 Å². The average molecular weight is 281 g/mol. The van der Waals surface area contributed by atoms with Crippen LogP contribution >= 0.6 is 0 Å². The Morgan fingerprint density at radius 1 is 1.05 bits per heavy atom. The largest absolute Gasteiger partial charge is 0.435 e. The second-order valence-electron chi connectivity index (χ2n) is 3.58. The van der Waals surface area contributed by atoms with E-state index in [9.17, 15) is 26.3 Å². The molecule has 0 fully saturated rings. The number of nitrogen functional groups attached to an aromatic ring is 1. The lowest BCUT2D eigenvalue weighted by Gasteiger charge is -2.12. The van der Waals surface area contributed by atoms with E-state index in [2.05, 4.69) is 5.10 Å². The molecule has 2 aromatic rings. The van der Waals surface area contributed by atoms with Gasteiger partial charge in [0.05, 0.1) is 11.9 Å². The Morgan fingerprint density at radius 3 is 2.05 bits per heavy atom. The van der Waals surface area contributed by atoms with Crippen LogP contribution in [-0.4, -0.2) is 9.78 Å². The van der Waals surface area contributed by atoms with Crippen LogP contribution in [0.1, 0.15) is 5.69 Å². The number of hydrogen-bond donors (Lipinski definition) is 1. The molecular weight excluding hydrogens is 276 g/mol. The SMILES string of the molecule is Nc1cnn(-c2c(F)cc(F)cc2F)c1C(F)(F)F. The summed E-state index contributed by atoms with van der Waals surface area (Å²) >= 11 is 0. The van der Waals surface area contributed by atoms with E-state index in [0.29, 0.717) is 6.20 Å². The molecule has 0 amide bonds. The van der Waals surface area contributed by atoms with Crippen molar-refractivity contribution < 1.29 is 26.3 Å². The number of aromatic nitrogens is 2. The fraction of sp³-hybridized carbons (Fsp3) is 0.100. The zero-order valence-electron chi connectivity index (χ0n) is 8.97. The molecule has 3 nitrogen and oxygen atoms in total. The van der Waals surface area contributed by atoms with Gasteiger partial charge in [0.15, 0.2) is 17.3 Å². The summed E-state index contributed by atoms with van der Waals surface area (Å²) in [6.45, 7) is 0. The third kappa shape index (κ3) is 2.23. The first-order valence-electron chi connectivity index (χ1n) is 4.77. The molecular formula is C10H5F6N3. The molecule has 2 rings (SSSR count). The third-order valence-corrected chi connectivity index (χ3v) is 2.26. The number of hydrogen-bond acceptors (Lipinski definition) is 2. The molecule has 1 heterocycles. The average Bonchev–Trinajstić information content (AvgIpc) is 2.57. The first-order valence-corrected chi connectivity index (χ1v) is 4.77. The molecule has 1 aromatic heterocycles. The minimum absolute atomic E-state index is 0.0422. The summed E-state index contributed by atoms with van der Waals surface area (Å²) < 4.78 is 77.6. The lowest BCUT2D eigenvalue weighted by molar-refractivity contribution is -0.142. The van der Waals surface area contributed by atoms with Gasteiger partial charge in [-0.1, -0.05) is 0 Å². The highest BCUT2D eigenvalue weighted by Gasteiger charge is 2.39. The van der Waals surface area contributed by atoms with Gasteiger partial charge in [0.25, 0.3) is 0 Å². The third-order valence-electron chi connectivity index (χ3n) is 2.26. The smallest absolute Gasteiger partial charge is 0.396 e. The topological polar surface area (TPSA) is 43.8 Å². The maximum absolute atomic E-state index is 13.4. The maximum atomic E-state index is 13.4. The molecule has 0 radical (unpaired) electrons. The molecule has 9 heteroatoms. The Morgan fingerprint density at radius 2 is 1.58 bits per heavy atom. The molecule has 0 aliphatic carbocycles. The van der Waals surface area contributed by atoms with Crippen molar-refractivity contribution in [1.82, 2.24) is 9.78 Å². The highest BCUT2D eigenvalue weighted by atomic mass is 19.4. The molecule has 0 unspecified atom stereocenters. The van der Waals surface area contributed by atoms with E-state index in [1.54, 1.807) is 0 Å². The van der Waals surface area contributed by atoms with E-state index in [-0.39, 0.29) is 16.8 Å². The van der Waals surface area contributed by atoms with E-state index in [1.165, 1.54) is 0 Å². The number of rotatable bonds is 1. The summed E-state index contributed by atoms with van der Waals surface area (Å²) in [4.78, 5) is 0. The number of benzene rings is 1. The summed E-state index contributed by atoms with van der Waals surface area (Å²) in [6, 6.07) is 0.493. The first kappa shape index (κ1) is 13.2. The van der Waals surface area contributed by atoms with Gasteiger partial charge in [0.2, 0.25) is 0 Å². The van der Waals surface area contributed by atoms with Gasteiger partial charge in [-0.2, -0.15) is 18.3 Å². The lowest BCUT2D eigenvalue weighted by atomic mass is 10.2. The Hall–Kier alpha value is -2.19. The van der Waals surface area contributed by atoms with Gasteiger partial charge in [-0.05, 0) is 0 Å². The molecule has 0 saturated carbocycles. The number of anilines is 1. The van der Waals surface area contributed by atoms with Crippen LogP contribution in [-0.2, 0) is 6.18 Å². The molecule has 2 N–H and O–H groups in total. The standard InChI is InChI=1S/C10H5F6N3/c11-4-1-5(12)8(6(13)2-4)19-9(10(14,15)16)7(17)3-18-19/h1-3H,17H2. The molecule has 0 bridgehead atoms. The second kappa shape index (κ2) is 4.18. The Balaban J connectivity index is 2.74. The summed E-state index contributed by atoms with van der Waals surface area (Å²) in [6.07, 6.45) is -4.36. The van der Waals surface area contributed by atoms with Gasteiger partial charge in [0, 0.05) is 12.1 Å². The van der Waals surface area contributed by atoms with E-state index in [1.807, 2.05) is 0 Å². The highest BCUT2D eigenvalue weighted by Crippen LogP contribution is 2.35. The van der Waals surface area contributed by atoms with Crippen molar-refractivity contribution >= 4 is 5.69 Å². The van der Waals surface area contributed by atoms with Crippen LogP contribution < -0.4 is 5.73 Å². The molecule has 0 atom stereocenters. The highest BCUT2D eigenvalue weighted by molar-refractivity contribution is 5.48. The fourth-order valence-corrected chi connectivity index (χ4v) is 1.55. The van der Waals surface area contributed by atoms with Gasteiger partial charge >= 0.3 is 6.18 Å². The van der Waals surface area contributed by atoms with Crippen molar-refractivity contribution in [2.75, 3.05) is 5.73 Å². The predicted molar refractivity (Wildman–Crippen MR) is 52.9 cm³/mol. The van der Waals surface area contributed by atoms with Crippen molar-refractivity contribution in [3.63, 3.8) is 0 Å². The normalized spacial score (nSPS) is 11.9. The zero-order chi connectivity index (χ0) is 14.4.